The molecule has 2 N–H and O–H groups in total. The number of hydrogen-bond donors (Lipinski definition) is 2. The van der Waals surface area contributed by atoms with E-state index in [0.717, 1.165) is 9.13 Å². The van der Waals surface area contributed by atoms with Crippen molar-refractivity contribution in [1.29, 1.82) is 0 Å². The van der Waals surface area contributed by atoms with E-state index in [1.807, 2.05) is 24.3 Å². The van der Waals surface area contributed by atoms with E-state index in [1.54, 1.807) is 0 Å². The highest BCUT2D eigenvalue weighted by Gasteiger charge is 2.02. The molecule has 0 atom stereocenters. The zero-order valence-electron chi connectivity index (χ0n) is 7.77. The SMILES string of the molecule is O=c1[nH]c(O)cn1Cc1cccc(I)c1. The number of nitrogens with zero attached hydrogens (tertiary/aromatic N) is 1. The quantitative estimate of drug-likeness (QED) is 0.826. The number of aromatic hydroxyl groups is 1. The van der Waals surface area contributed by atoms with Crippen molar-refractivity contribution in [3.63, 3.8) is 0 Å². The summed E-state index contributed by atoms with van der Waals surface area (Å²) in [5, 5.41) is 9.09. The molecular weight excluding hydrogens is 307 g/mol. The molecule has 1 heterocycles. The van der Waals surface area contributed by atoms with Crippen LogP contribution in [0.2, 0.25) is 0 Å². The van der Waals surface area contributed by atoms with Crippen LogP contribution in [-0.2, 0) is 6.54 Å². The van der Waals surface area contributed by atoms with E-state index < -0.39 is 0 Å². The van der Waals surface area contributed by atoms with E-state index in [0.29, 0.717) is 6.54 Å². The summed E-state index contributed by atoms with van der Waals surface area (Å²) in [6.07, 6.45) is 1.39. The van der Waals surface area contributed by atoms with Crippen LogP contribution >= 0.6 is 22.6 Å². The van der Waals surface area contributed by atoms with Crippen molar-refractivity contribution in [3.8, 4) is 5.88 Å². The summed E-state index contributed by atoms with van der Waals surface area (Å²) in [5.74, 6) is -0.106. The normalized spacial score (nSPS) is 10.5. The van der Waals surface area contributed by atoms with Gasteiger partial charge in [-0.15, -0.1) is 0 Å². The zero-order valence-corrected chi connectivity index (χ0v) is 9.93. The number of rotatable bonds is 2. The molecule has 0 saturated heterocycles. The predicted octanol–water partition coefficient (Wildman–Crippen LogP) is 1.53. The number of aromatic amines is 1. The molecule has 4 nitrogen and oxygen atoms in total. The van der Waals surface area contributed by atoms with Gasteiger partial charge in [-0.3, -0.25) is 9.55 Å². The number of hydrogen-bond acceptors (Lipinski definition) is 2. The standard InChI is InChI=1S/C10H9IN2O2/c11-8-3-1-2-7(4-8)5-13-6-9(14)12-10(13)15/h1-4,6,14H,5H2,(H,12,15). The molecule has 2 aromatic rings. The Morgan fingerprint density at radius 3 is 2.87 bits per heavy atom. The summed E-state index contributed by atoms with van der Waals surface area (Å²) in [5.41, 5.74) is 0.731. The summed E-state index contributed by atoms with van der Waals surface area (Å²) in [7, 11) is 0. The molecule has 0 aliphatic carbocycles. The van der Waals surface area contributed by atoms with Crippen molar-refractivity contribution in [2.24, 2.45) is 0 Å². The van der Waals surface area contributed by atoms with Crippen LogP contribution < -0.4 is 5.69 Å². The van der Waals surface area contributed by atoms with Crippen LogP contribution in [0.15, 0.2) is 35.3 Å². The van der Waals surface area contributed by atoms with Gasteiger partial charge in [0, 0.05) is 3.57 Å². The number of aromatic nitrogens is 2. The van der Waals surface area contributed by atoms with E-state index >= 15 is 0 Å². The maximum atomic E-state index is 11.3. The number of benzene rings is 1. The Labute approximate surface area is 99.7 Å². The molecule has 0 saturated carbocycles. The fraction of sp³-hybridized carbons (Fsp3) is 0.100. The molecule has 1 aromatic carbocycles. The second-order valence-electron chi connectivity index (χ2n) is 3.20. The van der Waals surface area contributed by atoms with Gasteiger partial charge in [-0.2, -0.15) is 0 Å². The fourth-order valence-corrected chi connectivity index (χ4v) is 1.98. The lowest BCUT2D eigenvalue weighted by molar-refractivity contribution is 0.455. The average Bonchev–Trinajstić information content (AvgIpc) is 2.45. The maximum absolute atomic E-state index is 11.3. The summed E-state index contributed by atoms with van der Waals surface area (Å²) in [6.45, 7) is 0.465. The molecule has 0 radical (unpaired) electrons. The lowest BCUT2D eigenvalue weighted by Gasteiger charge is -2.01. The highest BCUT2D eigenvalue weighted by molar-refractivity contribution is 14.1. The van der Waals surface area contributed by atoms with E-state index in [1.165, 1.54) is 10.8 Å². The number of imidazole rings is 1. The minimum atomic E-state index is -0.300. The summed E-state index contributed by atoms with van der Waals surface area (Å²) >= 11 is 2.22. The Bertz CT molecular complexity index is 530. The molecule has 5 heteroatoms. The van der Waals surface area contributed by atoms with Crippen molar-refractivity contribution in [1.82, 2.24) is 9.55 Å². The molecule has 78 valence electrons. The summed E-state index contributed by atoms with van der Waals surface area (Å²) in [6, 6.07) is 7.87. The van der Waals surface area contributed by atoms with Gasteiger partial charge >= 0.3 is 5.69 Å². The highest BCUT2D eigenvalue weighted by atomic mass is 127. The van der Waals surface area contributed by atoms with Gasteiger partial charge in [-0.05, 0) is 40.3 Å². The Hall–Kier alpha value is -1.24. The van der Waals surface area contributed by atoms with Crippen LogP contribution in [0, 0.1) is 3.57 Å². The third-order valence-corrected chi connectivity index (χ3v) is 2.69. The van der Waals surface area contributed by atoms with Gasteiger partial charge in [0.25, 0.3) is 0 Å². The van der Waals surface area contributed by atoms with Crippen LogP contribution in [0.1, 0.15) is 5.56 Å². The Morgan fingerprint density at radius 1 is 1.47 bits per heavy atom. The third kappa shape index (κ3) is 2.41. The van der Waals surface area contributed by atoms with Crippen LogP contribution in [0.3, 0.4) is 0 Å². The molecule has 0 amide bonds. The Kier molecular flexibility index (Phi) is 2.81. The zero-order chi connectivity index (χ0) is 10.8. The fourth-order valence-electron chi connectivity index (χ4n) is 1.37. The van der Waals surface area contributed by atoms with Crippen LogP contribution in [0.5, 0.6) is 5.88 Å². The minimum Gasteiger partial charge on any atom is -0.493 e. The molecule has 0 bridgehead atoms. The van der Waals surface area contributed by atoms with E-state index in [2.05, 4.69) is 27.6 Å². The average molecular weight is 316 g/mol. The third-order valence-electron chi connectivity index (χ3n) is 2.02. The van der Waals surface area contributed by atoms with Crippen molar-refractivity contribution in [3.05, 3.63) is 50.1 Å². The first-order valence-corrected chi connectivity index (χ1v) is 5.46. The van der Waals surface area contributed by atoms with Gasteiger partial charge in [0.05, 0.1) is 12.7 Å². The second-order valence-corrected chi connectivity index (χ2v) is 4.45. The van der Waals surface area contributed by atoms with Gasteiger partial charge in [-0.25, -0.2) is 4.79 Å². The largest absolute Gasteiger partial charge is 0.493 e. The number of H-pyrrole nitrogens is 1. The Morgan fingerprint density at radius 2 is 2.27 bits per heavy atom. The number of halogens is 1. The summed E-state index contributed by atoms with van der Waals surface area (Å²) in [4.78, 5) is 13.6. The Balaban J connectivity index is 2.29. The lowest BCUT2D eigenvalue weighted by Crippen LogP contribution is -2.16. The topological polar surface area (TPSA) is 58.0 Å². The monoisotopic (exact) mass is 316 g/mol. The molecule has 0 spiro atoms. The molecule has 15 heavy (non-hydrogen) atoms. The van der Waals surface area contributed by atoms with Gasteiger partial charge in [0.1, 0.15) is 0 Å². The molecule has 0 aliphatic heterocycles. The first kappa shape index (κ1) is 10.3. The molecule has 0 unspecified atom stereocenters. The van der Waals surface area contributed by atoms with Crippen molar-refractivity contribution in [2.75, 3.05) is 0 Å². The van der Waals surface area contributed by atoms with Crippen LogP contribution in [0.4, 0.5) is 0 Å². The molecule has 0 aliphatic rings. The molecule has 0 fully saturated rings. The second kappa shape index (κ2) is 4.09. The maximum Gasteiger partial charge on any atom is 0.328 e. The van der Waals surface area contributed by atoms with Crippen LogP contribution in [0.25, 0.3) is 0 Å². The summed E-state index contributed by atoms with van der Waals surface area (Å²) < 4.78 is 2.55. The lowest BCUT2D eigenvalue weighted by atomic mass is 10.2. The van der Waals surface area contributed by atoms with Gasteiger partial charge in [0.15, 0.2) is 0 Å². The van der Waals surface area contributed by atoms with E-state index in [9.17, 15) is 4.79 Å². The van der Waals surface area contributed by atoms with Crippen LogP contribution in [-0.4, -0.2) is 14.7 Å². The van der Waals surface area contributed by atoms with Gasteiger partial charge in [-0.1, -0.05) is 12.1 Å². The predicted molar refractivity (Wildman–Crippen MR) is 65.0 cm³/mol. The van der Waals surface area contributed by atoms with E-state index in [4.69, 9.17) is 5.11 Å². The van der Waals surface area contributed by atoms with Crippen molar-refractivity contribution < 1.29 is 5.11 Å². The van der Waals surface area contributed by atoms with Gasteiger partial charge in [0.2, 0.25) is 5.88 Å². The number of nitrogens with one attached hydrogen (secondary N) is 1. The highest BCUT2D eigenvalue weighted by Crippen LogP contribution is 2.09. The first-order valence-electron chi connectivity index (χ1n) is 4.38. The molecule has 2 rings (SSSR count). The molecule has 1 aromatic heterocycles. The van der Waals surface area contributed by atoms with Crippen molar-refractivity contribution >= 4 is 22.6 Å². The molecular formula is C10H9IN2O2. The first-order chi connectivity index (χ1) is 7.15. The van der Waals surface area contributed by atoms with Gasteiger partial charge < -0.3 is 5.11 Å². The minimum absolute atomic E-state index is 0.106. The smallest absolute Gasteiger partial charge is 0.328 e. The van der Waals surface area contributed by atoms with Crippen molar-refractivity contribution in [2.45, 2.75) is 6.54 Å². The van der Waals surface area contributed by atoms with E-state index in [-0.39, 0.29) is 11.6 Å².